The number of carbonyl (C=O) groups excluding carboxylic acids is 1. The van der Waals surface area contributed by atoms with Crippen LogP contribution in [0.2, 0.25) is 0 Å². The van der Waals surface area contributed by atoms with Crippen molar-refractivity contribution in [2.75, 3.05) is 4.90 Å². The molecule has 3 rings (SSSR count). The highest BCUT2D eigenvalue weighted by Crippen LogP contribution is 2.32. The first-order valence-electron chi connectivity index (χ1n) is 7.46. The Bertz CT molecular complexity index is 1000. The molecule has 0 aliphatic heterocycles. The van der Waals surface area contributed by atoms with Crippen LogP contribution in [0, 0.1) is 18.6 Å². The molecule has 0 bridgehead atoms. The quantitative estimate of drug-likeness (QED) is 0.561. The van der Waals surface area contributed by atoms with Gasteiger partial charge in [-0.25, -0.2) is 4.98 Å². The third-order valence-electron chi connectivity index (χ3n) is 3.68. The Morgan fingerprint density at radius 2 is 2.24 bits per heavy atom. The second-order valence-corrected chi connectivity index (χ2v) is 6.60. The van der Waals surface area contributed by atoms with E-state index in [1.807, 2.05) is 37.4 Å². The Hall–Kier alpha value is -2.65. The third kappa shape index (κ3) is 3.57. The molecule has 2 heterocycles. The molecule has 0 fully saturated rings. The van der Waals surface area contributed by atoms with Crippen LogP contribution >= 0.6 is 23.6 Å². The maximum atomic E-state index is 12.2. The van der Waals surface area contributed by atoms with Gasteiger partial charge in [0.1, 0.15) is 6.33 Å². The predicted molar refractivity (Wildman–Crippen MR) is 101 cm³/mol. The van der Waals surface area contributed by atoms with Crippen molar-refractivity contribution < 1.29 is 4.79 Å². The average molecular weight is 372 g/mol. The maximum Gasteiger partial charge on any atom is 0.230 e. The second kappa shape index (κ2) is 7.08. The van der Waals surface area contributed by atoms with Crippen LogP contribution in [0.25, 0.3) is 0 Å². The zero-order chi connectivity index (χ0) is 18.0. The molecule has 1 amide bonds. The van der Waals surface area contributed by atoms with Gasteiger partial charge in [-0.2, -0.15) is 14.9 Å². The number of hydrogen-bond acceptors (Lipinski definition) is 6. The monoisotopic (exact) mass is 372 g/mol. The van der Waals surface area contributed by atoms with Gasteiger partial charge in [0.05, 0.1) is 17.6 Å². The van der Waals surface area contributed by atoms with Gasteiger partial charge in [-0.3, -0.25) is 14.8 Å². The lowest BCUT2D eigenvalue weighted by atomic mass is 10.1. The number of anilines is 2. The summed E-state index contributed by atoms with van der Waals surface area (Å²) in [6.07, 6.45) is 3.05. The van der Waals surface area contributed by atoms with E-state index in [2.05, 4.69) is 20.3 Å². The van der Waals surface area contributed by atoms with Crippen LogP contribution in [0.4, 0.5) is 10.8 Å². The summed E-state index contributed by atoms with van der Waals surface area (Å²) in [6.45, 7) is 5.55. The SMILES string of the molecule is CC(=O)N(c1nc(/C=N\n2cn[nH]c2=S)cs1)c1cccc(C)c1C. The van der Waals surface area contributed by atoms with Crippen LogP contribution in [0.3, 0.4) is 0 Å². The smallest absolute Gasteiger partial charge is 0.230 e. The number of aromatic nitrogens is 4. The van der Waals surface area contributed by atoms with Crippen molar-refractivity contribution in [2.45, 2.75) is 20.8 Å². The molecule has 0 radical (unpaired) electrons. The molecule has 0 unspecified atom stereocenters. The summed E-state index contributed by atoms with van der Waals surface area (Å²) >= 11 is 6.41. The molecule has 0 atom stereocenters. The van der Waals surface area contributed by atoms with Crippen molar-refractivity contribution in [1.82, 2.24) is 19.9 Å². The minimum Gasteiger partial charge on any atom is -0.274 e. The first-order chi connectivity index (χ1) is 12.0. The minimum absolute atomic E-state index is 0.0939. The highest BCUT2D eigenvalue weighted by atomic mass is 32.1. The summed E-state index contributed by atoms with van der Waals surface area (Å²) in [7, 11) is 0. The van der Waals surface area contributed by atoms with E-state index < -0.39 is 0 Å². The number of carbonyl (C=O) groups is 1. The lowest BCUT2D eigenvalue weighted by Crippen LogP contribution is -2.23. The largest absolute Gasteiger partial charge is 0.274 e. The van der Waals surface area contributed by atoms with Gasteiger partial charge in [-0.05, 0) is 43.3 Å². The third-order valence-corrected chi connectivity index (χ3v) is 4.81. The van der Waals surface area contributed by atoms with Crippen LogP contribution in [-0.2, 0) is 4.79 Å². The van der Waals surface area contributed by atoms with Crippen LogP contribution in [0.15, 0.2) is 35.0 Å². The topological polar surface area (TPSA) is 79.2 Å². The molecule has 3 aromatic rings. The molecule has 2 aromatic heterocycles. The van der Waals surface area contributed by atoms with Gasteiger partial charge < -0.3 is 0 Å². The van der Waals surface area contributed by atoms with Crippen molar-refractivity contribution >= 4 is 46.5 Å². The molecule has 0 spiro atoms. The van der Waals surface area contributed by atoms with Crippen molar-refractivity contribution in [3.8, 4) is 0 Å². The van der Waals surface area contributed by atoms with E-state index >= 15 is 0 Å². The summed E-state index contributed by atoms with van der Waals surface area (Å²) in [5, 5.41) is 13.0. The van der Waals surface area contributed by atoms with Gasteiger partial charge >= 0.3 is 0 Å². The van der Waals surface area contributed by atoms with E-state index in [1.54, 1.807) is 11.1 Å². The van der Waals surface area contributed by atoms with Gasteiger partial charge in [0.25, 0.3) is 0 Å². The van der Waals surface area contributed by atoms with Gasteiger partial charge in [0.15, 0.2) is 5.13 Å². The van der Waals surface area contributed by atoms with E-state index in [0.29, 0.717) is 15.6 Å². The van der Waals surface area contributed by atoms with Crippen LogP contribution in [0.1, 0.15) is 23.7 Å². The number of hydrogen-bond donors (Lipinski definition) is 1. The molecule has 0 aliphatic rings. The second-order valence-electron chi connectivity index (χ2n) is 5.38. The lowest BCUT2D eigenvalue weighted by Gasteiger charge is -2.21. The predicted octanol–water partition coefficient (Wildman–Crippen LogP) is 3.58. The van der Waals surface area contributed by atoms with Crippen LogP contribution in [0.5, 0.6) is 0 Å². The van der Waals surface area contributed by atoms with Crippen molar-refractivity contribution in [3.05, 3.63) is 51.5 Å². The summed E-state index contributed by atoms with van der Waals surface area (Å²) in [4.78, 5) is 18.4. The first-order valence-corrected chi connectivity index (χ1v) is 8.75. The Kier molecular flexibility index (Phi) is 4.86. The molecular weight excluding hydrogens is 356 g/mol. The van der Waals surface area contributed by atoms with Gasteiger partial charge in [-0.1, -0.05) is 12.1 Å². The summed E-state index contributed by atoms with van der Waals surface area (Å²) in [6, 6.07) is 5.87. The number of nitrogens with zero attached hydrogens (tertiary/aromatic N) is 5. The first kappa shape index (κ1) is 17.2. The van der Waals surface area contributed by atoms with Gasteiger partial charge in [-0.15, -0.1) is 11.3 Å². The van der Waals surface area contributed by atoms with Gasteiger partial charge in [0.2, 0.25) is 10.7 Å². The zero-order valence-electron chi connectivity index (χ0n) is 13.9. The summed E-state index contributed by atoms with van der Waals surface area (Å²) < 4.78 is 1.83. The fourth-order valence-electron chi connectivity index (χ4n) is 2.27. The Labute approximate surface area is 153 Å². The van der Waals surface area contributed by atoms with E-state index in [0.717, 1.165) is 16.8 Å². The number of aromatic amines is 1. The molecular formula is C16H16N6OS2. The normalized spacial score (nSPS) is 11.2. The number of rotatable bonds is 4. The zero-order valence-corrected chi connectivity index (χ0v) is 15.6. The Morgan fingerprint density at radius 3 is 2.92 bits per heavy atom. The van der Waals surface area contributed by atoms with Crippen molar-refractivity contribution in [3.63, 3.8) is 0 Å². The van der Waals surface area contributed by atoms with E-state index in [1.165, 1.54) is 29.3 Å². The Morgan fingerprint density at radius 1 is 1.44 bits per heavy atom. The number of amides is 1. The molecule has 1 aromatic carbocycles. The fourth-order valence-corrected chi connectivity index (χ4v) is 3.25. The number of H-pyrrole nitrogens is 1. The molecule has 9 heteroatoms. The van der Waals surface area contributed by atoms with Crippen molar-refractivity contribution in [2.24, 2.45) is 5.10 Å². The Balaban J connectivity index is 1.94. The average Bonchev–Trinajstić information content (AvgIpc) is 3.18. The minimum atomic E-state index is -0.0939. The fraction of sp³-hybridized carbons (Fsp3) is 0.188. The molecule has 7 nitrogen and oxygen atoms in total. The van der Waals surface area contributed by atoms with E-state index in [9.17, 15) is 4.79 Å². The van der Waals surface area contributed by atoms with E-state index in [4.69, 9.17) is 12.2 Å². The summed E-state index contributed by atoms with van der Waals surface area (Å²) in [5.74, 6) is -0.0939. The molecule has 0 saturated carbocycles. The van der Waals surface area contributed by atoms with E-state index in [-0.39, 0.29) is 5.91 Å². The number of thiazole rings is 1. The van der Waals surface area contributed by atoms with Gasteiger partial charge in [0, 0.05) is 12.3 Å². The molecule has 1 N–H and O–H groups in total. The molecule has 25 heavy (non-hydrogen) atoms. The van der Waals surface area contributed by atoms with Crippen LogP contribution < -0.4 is 4.90 Å². The standard InChI is InChI=1S/C16H16N6OS2/c1-10-5-4-6-14(11(10)2)22(12(3)23)16-19-13(8-25-16)7-18-21-9-17-20-15(21)24/h4-9H,1-3H3,(H,20,24)/b18-7-. The number of aryl methyl sites for hydroxylation is 1. The van der Waals surface area contributed by atoms with Crippen molar-refractivity contribution in [1.29, 1.82) is 0 Å². The number of nitrogens with one attached hydrogen (secondary N) is 1. The molecule has 0 aliphatic carbocycles. The maximum absolute atomic E-state index is 12.2. The summed E-state index contributed by atoms with van der Waals surface area (Å²) in [5.41, 5.74) is 3.64. The number of benzene rings is 1. The lowest BCUT2D eigenvalue weighted by molar-refractivity contribution is -0.115. The highest BCUT2D eigenvalue weighted by molar-refractivity contribution is 7.71. The molecule has 0 saturated heterocycles. The molecule has 128 valence electrons. The highest BCUT2D eigenvalue weighted by Gasteiger charge is 2.19. The van der Waals surface area contributed by atoms with Crippen LogP contribution in [-0.4, -0.2) is 32.0 Å².